The van der Waals surface area contributed by atoms with Crippen molar-refractivity contribution in [3.63, 3.8) is 0 Å². The van der Waals surface area contributed by atoms with Crippen LogP contribution in [0.4, 0.5) is 0 Å². The number of nitrogens with one attached hydrogen (secondary N) is 1. The zero-order chi connectivity index (χ0) is 7.82. The van der Waals surface area contributed by atoms with Crippen molar-refractivity contribution in [2.45, 2.75) is 20.0 Å². The van der Waals surface area contributed by atoms with Crippen molar-refractivity contribution in [1.82, 2.24) is 11.5 Å². The SMILES string of the molecule is CCNCC.ClCC1CO1.N. The van der Waals surface area contributed by atoms with Crippen molar-refractivity contribution in [1.29, 1.82) is 0 Å². The van der Waals surface area contributed by atoms with Crippen LogP contribution in [0.2, 0.25) is 0 Å². The van der Waals surface area contributed by atoms with Crippen LogP contribution in [0.3, 0.4) is 0 Å². The summed E-state index contributed by atoms with van der Waals surface area (Å²) in [5.41, 5.74) is 0. The molecule has 0 aliphatic carbocycles. The molecule has 1 rings (SSSR count). The molecule has 70 valence electrons. The Kier molecular flexibility index (Phi) is 12.7. The number of epoxide rings is 1. The Morgan fingerprint density at radius 1 is 1.45 bits per heavy atom. The number of halogens is 1. The molecular formula is C7H19ClN2O. The minimum atomic E-state index is 0. The maximum absolute atomic E-state index is 5.27. The van der Waals surface area contributed by atoms with Gasteiger partial charge in [0.25, 0.3) is 0 Å². The third kappa shape index (κ3) is 13.2. The molecule has 1 saturated heterocycles. The molecule has 1 unspecified atom stereocenters. The predicted molar refractivity (Wildman–Crippen MR) is 49.7 cm³/mol. The molecule has 0 amide bonds. The van der Waals surface area contributed by atoms with Gasteiger partial charge in [-0.15, -0.1) is 11.6 Å². The summed E-state index contributed by atoms with van der Waals surface area (Å²) in [5, 5.41) is 3.11. The van der Waals surface area contributed by atoms with Crippen LogP contribution in [0.1, 0.15) is 13.8 Å². The Bertz CT molecular complexity index is 67.5. The van der Waals surface area contributed by atoms with E-state index in [0.29, 0.717) is 12.0 Å². The van der Waals surface area contributed by atoms with Gasteiger partial charge in [0.1, 0.15) is 0 Å². The Hall–Kier alpha value is 0.170. The van der Waals surface area contributed by atoms with E-state index in [1.165, 1.54) is 0 Å². The molecule has 0 saturated carbocycles. The Morgan fingerprint density at radius 3 is 1.91 bits per heavy atom. The highest BCUT2D eigenvalue weighted by Crippen LogP contribution is 2.08. The highest BCUT2D eigenvalue weighted by Gasteiger charge is 2.19. The van der Waals surface area contributed by atoms with E-state index >= 15 is 0 Å². The maximum atomic E-state index is 5.27. The second-order valence-corrected chi connectivity index (χ2v) is 2.38. The quantitative estimate of drug-likeness (QED) is 0.513. The first kappa shape index (κ1) is 13.7. The molecule has 0 aromatic heterocycles. The molecule has 0 radical (unpaired) electrons. The van der Waals surface area contributed by atoms with Crippen molar-refractivity contribution in [2.75, 3.05) is 25.6 Å². The molecule has 1 atom stereocenters. The van der Waals surface area contributed by atoms with Crippen LogP contribution in [0.5, 0.6) is 0 Å². The first-order valence-electron chi connectivity index (χ1n) is 3.73. The topological polar surface area (TPSA) is 59.6 Å². The fourth-order valence-corrected chi connectivity index (χ4v) is 0.585. The molecule has 4 N–H and O–H groups in total. The Balaban J connectivity index is 0. The van der Waals surface area contributed by atoms with Crippen LogP contribution in [0.15, 0.2) is 0 Å². The van der Waals surface area contributed by atoms with Crippen LogP contribution in [-0.2, 0) is 4.74 Å². The van der Waals surface area contributed by atoms with Gasteiger partial charge in [0.15, 0.2) is 0 Å². The molecule has 0 aromatic rings. The summed E-state index contributed by atoms with van der Waals surface area (Å²) in [5.74, 6) is 0.667. The van der Waals surface area contributed by atoms with Gasteiger partial charge >= 0.3 is 0 Å². The van der Waals surface area contributed by atoms with Gasteiger partial charge in [-0.1, -0.05) is 13.8 Å². The van der Waals surface area contributed by atoms with E-state index in [0.717, 1.165) is 19.7 Å². The summed E-state index contributed by atoms with van der Waals surface area (Å²) >= 11 is 5.27. The lowest BCUT2D eigenvalue weighted by Crippen LogP contribution is -2.09. The van der Waals surface area contributed by atoms with E-state index < -0.39 is 0 Å². The van der Waals surface area contributed by atoms with Gasteiger partial charge in [0, 0.05) is 0 Å². The van der Waals surface area contributed by atoms with E-state index in [9.17, 15) is 0 Å². The third-order valence-electron chi connectivity index (χ3n) is 1.07. The molecule has 1 fully saturated rings. The lowest BCUT2D eigenvalue weighted by molar-refractivity contribution is 0.425. The molecule has 4 heteroatoms. The number of hydrogen-bond acceptors (Lipinski definition) is 3. The molecule has 11 heavy (non-hydrogen) atoms. The van der Waals surface area contributed by atoms with Crippen LogP contribution in [0.25, 0.3) is 0 Å². The second-order valence-electron chi connectivity index (χ2n) is 2.07. The first-order chi connectivity index (χ1) is 4.85. The standard InChI is InChI=1S/C4H11N.C3H5ClO.H3N/c1-3-5-4-2;4-1-3-2-5-3;/h5H,3-4H2,1-2H3;3H,1-2H2;1H3. The minimum absolute atomic E-state index is 0. The van der Waals surface area contributed by atoms with E-state index in [2.05, 4.69) is 19.2 Å². The van der Waals surface area contributed by atoms with Gasteiger partial charge in [-0.25, -0.2) is 0 Å². The van der Waals surface area contributed by atoms with Crippen LogP contribution < -0.4 is 11.5 Å². The van der Waals surface area contributed by atoms with E-state index in [1.54, 1.807) is 0 Å². The van der Waals surface area contributed by atoms with Gasteiger partial charge in [-0.3, -0.25) is 0 Å². The van der Waals surface area contributed by atoms with Gasteiger partial charge < -0.3 is 16.2 Å². The number of rotatable bonds is 3. The summed E-state index contributed by atoms with van der Waals surface area (Å²) < 4.78 is 4.73. The summed E-state index contributed by atoms with van der Waals surface area (Å²) in [6.07, 6.45) is 0.400. The largest absolute Gasteiger partial charge is 0.372 e. The first-order valence-corrected chi connectivity index (χ1v) is 4.26. The Labute approximate surface area is 74.0 Å². The lowest BCUT2D eigenvalue weighted by Gasteiger charge is -1.86. The Morgan fingerprint density at radius 2 is 1.91 bits per heavy atom. The summed E-state index contributed by atoms with van der Waals surface area (Å²) in [6, 6.07) is 0. The number of ether oxygens (including phenoxy) is 1. The maximum Gasteiger partial charge on any atom is 0.0944 e. The van der Waals surface area contributed by atoms with E-state index in [4.69, 9.17) is 16.3 Å². The molecule has 1 heterocycles. The molecule has 1 aliphatic heterocycles. The average Bonchev–Trinajstić information content (AvgIpc) is 2.72. The fourth-order valence-electron chi connectivity index (χ4n) is 0.407. The normalized spacial score (nSPS) is 19.4. The van der Waals surface area contributed by atoms with Crippen molar-refractivity contribution in [3.8, 4) is 0 Å². The van der Waals surface area contributed by atoms with Crippen LogP contribution in [-0.4, -0.2) is 31.7 Å². The summed E-state index contributed by atoms with van der Waals surface area (Å²) in [4.78, 5) is 0. The van der Waals surface area contributed by atoms with Crippen molar-refractivity contribution in [2.24, 2.45) is 0 Å². The highest BCUT2D eigenvalue weighted by molar-refractivity contribution is 6.18. The highest BCUT2D eigenvalue weighted by atomic mass is 35.5. The summed E-state index contributed by atoms with van der Waals surface area (Å²) in [7, 11) is 0. The lowest BCUT2D eigenvalue weighted by atomic mass is 10.6. The minimum Gasteiger partial charge on any atom is -0.372 e. The predicted octanol–water partition coefficient (Wildman–Crippen LogP) is 1.40. The van der Waals surface area contributed by atoms with Crippen molar-refractivity contribution in [3.05, 3.63) is 0 Å². The molecule has 3 nitrogen and oxygen atoms in total. The monoisotopic (exact) mass is 182 g/mol. The third-order valence-corrected chi connectivity index (χ3v) is 1.42. The van der Waals surface area contributed by atoms with Crippen molar-refractivity contribution >= 4 is 11.6 Å². The van der Waals surface area contributed by atoms with Gasteiger partial charge in [-0.05, 0) is 13.1 Å². The summed E-state index contributed by atoms with van der Waals surface area (Å²) in [6.45, 7) is 7.27. The molecular weight excluding hydrogens is 164 g/mol. The molecule has 0 bridgehead atoms. The molecule has 1 aliphatic rings. The number of hydrogen-bond donors (Lipinski definition) is 2. The fraction of sp³-hybridized carbons (Fsp3) is 1.00. The zero-order valence-electron chi connectivity index (χ0n) is 7.40. The van der Waals surface area contributed by atoms with Gasteiger partial charge in [0.05, 0.1) is 18.6 Å². The zero-order valence-corrected chi connectivity index (χ0v) is 8.16. The molecule has 0 spiro atoms. The van der Waals surface area contributed by atoms with Crippen molar-refractivity contribution < 1.29 is 4.74 Å². The van der Waals surface area contributed by atoms with E-state index in [-0.39, 0.29) is 6.15 Å². The van der Waals surface area contributed by atoms with Crippen LogP contribution >= 0.6 is 11.6 Å². The van der Waals surface area contributed by atoms with E-state index in [1.807, 2.05) is 0 Å². The average molecular weight is 183 g/mol. The van der Waals surface area contributed by atoms with Gasteiger partial charge in [-0.2, -0.15) is 0 Å². The van der Waals surface area contributed by atoms with Crippen LogP contribution in [0, 0.1) is 0 Å². The molecule has 0 aromatic carbocycles. The second kappa shape index (κ2) is 10.2. The smallest absolute Gasteiger partial charge is 0.0944 e. The van der Waals surface area contributed by atoms with Gasteiger partial charge in [0.2, 0.25) is 0 Å². The number of alkyl halides is 1.